The van der Waals surface area contributed by atoms with Crippen molar-refractivity contribution in [3.63, 3.8) is 0 Å². The summed E-state index contributed by atoms with van der Waals surface area (Å²) in [4.78, 5) is 4.67. The predicted octanol–water partition coefficient (Wildman–Crippen LogP) is 16.5. The van der Waals surface area contributed by atoms with E-state index >= 15 is 0 Å². The minimum atomic E-state index is -0.652. The monoisotopic (exact) mass is 834 g/mol. The van der Waals surface area contributed by atoms with Crippen LogP contribution < -0.4 is 14.5 Å². The van der Waals surface area contributed by atoms with E-state index in [1.165, 1.54) is 58.8 Å². The predicted molar refractivity (Wildman–Crippen MR) is 266 cm³/mol. The summed E-state index contributed by atoms with van der Waals surface area (Å²) in [6.07, 6.45) is 0. The Bertz CT molecular complexity index is 3580. The molecule has 0 radical (unpaired) electrons. The summed E-state index contributed by atoms with van der Waals surface area (Å²) in [5.74, 6) is 1.62. The van der Waals surface area contributed by atoms with Crippen molar-refractivity contribution >= 4 is 76.4 Å². The van der Waals surface area contributed by atoms with E-state index in [0.717, 1.165) is 56.8 Å². The molecule has 2 aliphatic rings. The Hall–Kier alpha value is -8.10. The van der Waals surface area contributed by atoms with Crippen LogP contribution in [0.5, 0.6) is 11.5 Å². The van der Waals surface area contributed by atoms with Crippen LogP contribution in [0.1, 0.15) is 27.8 Å². The van der Waals surface area contributed by atoms with E-state index in [2.05, 4.69) is 241 Å². The molecule has 1 spiro atoms. The van der Waals surface area contributed by atoms with Gasteiger partial charge in [0.15, 0.2) is 0 Å². The van der Waals surface area contributed by atoms with Gasteiger partial charge in [0.2, 0.25) is 0 Å². The fourth-order valence-corrected chi connectivity index (χ4v) is 11.9. The van der Waals surface area contributed by atoms with Gasteiger partial charge >= 0.3 is 0 Å². The fourth-order valence-electron chi connectivity index (χ4n) is 10.6. The second-order valence-corrected chi connectivity index (χ2v) is 17.7. The summed E-state index contributed by atoms with van der Waals surface area (Å²) in [7, 11) is 0. The molecule has 2 heterocycles. The maximum absolute atomic E-state index is 7.02. The van der Waals surface area contributed by atoms with E-state index < -0.39 is 5.41 Å². The molecule has 3 nitrogen and oxygen atoms in total. The molecule has 11 aromatic rings. The van der Waals surface area contributed by atoms with Crippen molar-refractivity contribution in [2.24, 2.45) is 0 Å². The SMILES string of the molecule is Cc1cc(N(c2ccccc2)c2ccccc2)cc2sc3c(N(c4c#cc5c(c4)Oc4ccccc4C54c5ccccc5-c5c4ccc4ccccc54)c4ccccc4)cccc3c12. The van der Waals surface area contributed by atoms with E-state index in [1.54, 1.807) is 0 Å². The zero-order valence-corrected chi connectivity index (χ0v) is 35.7. The van der Waals surface area contributed by atoms with Crippen molar-refractivity contribution in [3.8, 4) is 22.6 Å². The molecule has 0 bridgehead atoms. The lowest BCUT2D eigenvalue weighted by Crippen LogP contribution is -2.32. The molecule has 1 atom stereocenters. The summed E-state index contributed by atoms with van der Waals surface area (Å²) in [6.45, 7) is 2.24. The molecular formula is C60H38N2OS. The zero-order chi connectivity index (χ0) is 42.4. The van der Waals surface area contributed by atoms with Gasteiger partial charge in [0.1, 0.15) is 17.2 Å². The molecule has 300 valence electrons. The van der Waals surface area contributed by atoms with Gasteiger partial charge in [-0.1, -0.05) is 152 Å². The first-order valence-corrected chi connectivity index (χ1v) is 22.6. The largest absolute Gasteiger partial charge is 0.456 e. The number of rotatable bonds is 6. The van der Waals surface area contributed by atoms with Crippen LogP contribution in [0.4, 0.5) is 34.1 Å². The van der Waals surface area contributed by atoms with Gasteiger partial charge in [0.25, 0.3) is 0 Å². The number of ether oxygens (including phenoxy) is 1. The topological polar surface area (TPSA) is 15.7 Å². The molecule has 1 unspecified atom stereocenters. The van der Waals surface area contributed by atoms with Crippen molar-refractivity contribution in [2.45, 2.75) is 12.3 Å². The number of hydrogen-bond acceptors (Lipinski definition) is 4. The second-order valence-electron chi connectivity index (χ2n) is 16.7. The summed E-state index contributed by atoms with van der Waals surface area (Å²) >= 11 is 1.84. The highest BCUT2D eigenvalue weighted by atomic mass is 32.1. The van der Waals surface area contributed by atoms with Crippen LogP contribution in [-0.4, -0.2) is 0 Å². The lowest BCUT2D eigenvalue weighted by Gasteiger charge is -2.38. The molecule has 0 saturated heterocycles. The third-order valence-electron chi connectivity index (χ3n) is 13.2. The minimum Gasteiger partial charge on any atom is -0.456 e. The van der Waals surface area contributed by atoms with Gasteiger partial charge in [0, 0.05) is 49.9 Å². The molecule has 0 amide bonds. The van der Waals surface area contributed by atoms with Crippen LogP contribution in [0.15, 0.2) is 212 Å². The Morgan fingerprint density at radius 2 is 1.12 bits per heavy atom. The highest BCUT2D eigenvalue weighted by molar-refractivity contribution is 7.26. The van der Waals surface area contributed by atoms with Crippen molar-refractivity contribution in [2.75, 3.05) is 9.80 Å². The number of thiophene rings is 1. The maximum Gasteiger partial charge on any atom is 0.143 e. The number of hydrogen-bond donors (Lipinski definition) is 0. The molecule has 0 fully saturated rings. The average Bonchev–Trinajstić information content (AvgIpc) is 3.88. The highest BCUT2D eigenvalue weighted by Crippen LogP contribution is 2.63. The van der Waals surface area contributed by atoms with Crippen molar-refractivity contribution < 1.29 is 4.74 Å². The fraction of sp³-hybridized carbons (Fsp3) is 0.0333. The van der Waals surface area contributed by atoms with E-state index in [0.29, 0.717) is 0 Å². The zero-order valence-electron chi connectivity index (χ0n) is 34.9. The van der Waals surface area contributed by atoms with Crippen molar-refractivity contribution in [1.82, 2.24) is 0 Å². The summed E-state index contributed by atoms with van der Waals surface area (Å²) in [5, 5.41) is 4.97. The van der Waals surface area contributed by atoms with Gasteiger partial charge < -0.3 is 14.5 Å². The number of nitrogens with zero attached hydrogens (tertiary/aromatic N) is 2. The molecule has 4 heteroatoms. The quantitative estimate of drug-likeness (QED) is 0.166. The number of aryl methyl sites for hydroxylation is 1. The Morgan fingerprint density at radius 1 is 0.484 bits per heavy atom. The van der Waals surface area contributed by atoms with E-state index in [-0.39, 0.29) is 0 Å². The Morgan fingerprint density at radius 3 is 1.89 bits per heavy atom. The van der Waals surface area contributed by atoms with Gasteiger partial charge in [-0.3, -0.25) is 0 Å². The first-order chi connectivity index (χ1) is 31.7. The van der Waals surface area contributed by atoms with Crippen LogP contribution in [0, 0.1) is 19.1 Å². The van der Waals surface area contributed by atoms with Crippen molar-refractivity contribution in [1.29, 1.82) is 0 Å². The summed E-state index contributed by atoms with van der Waals surface area (Å²) < 4.78 is 9.46. The van der Waals surface area contributed by atoms with E-state index in [1.807, 2.05) is 11.3 Å². The second kappa shape index (κ2) is 14.2. The van der Waals surface area contributed by atoms with Crippen LogP contribution in [0.2, 0.25) is 0 Å². The van der Waals surface area contributed by atoms with E-state index in [4.69, 9.17) is 4.74 Å². The van der Waals surface area contributed by atoms with Gasteiger partial charge in [-0.25, -0.2) is 0 Å². The van der Waals surface area contributed by atoms with Gasteiger partial charge in [-0.2, -0.15) is 0 Å². The average molecular weight is 835 g/mol. The molecule has 1 aromatic heterocycles. The number of benzene rings is 9. The van der Waals surface area contributed by atoms with Crippen LogP contribution >= 0.6 is 11.3 Å². The van der Waals surface area contributed by atoms with Gasteiger partial charge in [-0.15, -0.1) is 11.3 Å². The molecule has 1 aliphatic carbocycles. The van der Waals surface area contributed by atoms with Crippen LogP contribution in [0.25, 0.3) is 42.1 Å². The first kappa shape index (κ1) is 36.5. The normalized spacial score (nSPS) is 14.4. The molecular weight excluding hydrogens is 797 g/mol. The number of anilines is 6. The van der Waals surface area contributed by atoms with Gasteiger partial charge in [-0.05, 0) is 112 Å². The number of fused-ring (bicyclic) bond motifs is 14. The third-order valence-corrected chi connectivity index (χ3v) is 14.4. The van der Waals surface area contributed by atoms with Crippen molar-refractivity contribution in [3.05, 3.63) is 252 Å². The molecule has 0 saturated carbocycles. The van der Waals surface area contributed by atoms with Crippen LogP contribution in [-0.2, 0) is 5.41 Å². The Labute approximate surface area is 376 Å². The Balaban J connectivity index is 1.02. The molecule has 64 heavy (non-hydrogen) atoms. The van der Waals surface area contributed by atoms with Crippen LogP contribution in [0.3, 0.4) is 0 Å². The molecule has 0 N–H and O–H groups in total. The lowest BCUT2D eigenvalue weighted by molar-refractivity contribution is 0.437. The highest BCUT2D eigenvalue weighted by Gasteiger charge is 2.52. The first-order valence-electron chi connectivity index (χ1n) is 21.8. The number of para-hydroxylation sites is 4. The lowest BCUT2D eigenvalue weighted by atomic mass is 9.66. The third kappa shape index (κ3) is 5.29. The minimum absolute atomic E-state index is 0.652. The smallest absolute Gasteiger partial charge is 0.143 e. The summed E-state index contributed by atoms with van der Waals surface area (Å²) in [5.41, 5.74) is 14.0. The standard InChI is InChI=1S/C60H38N2OS/c1-39-36-45(61(41-19-5-2-6-20-41)42-21-7-3-8-22-42)38-56-57(39)48-27-17-30-53(59(48)64-56)62(43-23-9-4-10-24-43)44-33-35-51-55(37-44)63-54-31-16-15-29-50(54)60(51)49-28-14-13-26-47(49)58-46-25-12-11-18-40(46)32-34-52(58)60/h2-32,34,36-38H,1H3. The Kier molecular flexibility index (Phi) is 8.12. The van der Waals surface area contributed by atoms with Gasteiger partial charge in [0.05, 0.1) is 21.4 Å². The van der Waals surface area contributed by atoms with E-state index in [9.17, 15) is 0 Å². The summed E-state index contributed by atoms with van der Waals surface area (Å²) in [6, 6.07) is 83.8. The molecule has 10 aromatic carbocycles. The molecule has 13 rings (SSSR count). The maximum atomic E-state index is 7.02. The molecule has 1 aliphatic heterocycles.